The monoisotopic (exact) mass is 396 g/mol. The fourth-order valence-corrected chi connectivity index (χ4v) is 11.0. The van der Waals surface area contributed by atoms with Gasteiger partial charge in [0.25, 0.3) is 0 Å². The van der Waals surface area contributed by atoms with Crippen LogP contribution < -0.4 is 5.32 Å². The first kappa shape index (κ1) is 19.4. The van der Waals surface area contributed by atoms with E-state index in [1.807, 2.05) is 0 Å². The van der Waals surface area contributed by atoms with Crippen molar-refractivity contribution >= 4 is 14.2 Å². The van der Waals surface area contributed by atoms with Crippen molar-refractivity contribution in [2.45, 2.75) is 50.7 Å². The van der Waals surface area contributed by atoms with E-state index in [1.54, 1.807) is 0 Å². The molecule has 8 heteroatoms. The Bertz CT molecular complexity index is 599. The van der Waals surface area contributed by atoms with Crippen LogP contribution in [0.1, 0.15) is 38.5 Å². The fraction of sp³-hybridized carbons (Fsp3) is 0.842. The summed E-state index contributed by atoms with van der Waals surface area (Å²) in [5.74, 6) is 6.19. The van der Waals surface area contributed by atoms with Crippen LogP contribution in [0.15, 0.2) is 0 Å². The molecule has 0 aromatic rings. The number of ether oxygens (including phenoxy) is 1. The summed E-state index contributed by atoms with van der Waals surface area (Å²) in [4.78, 5) is 12.1. The number of carbonyl (C=O) groups excluding carboxylic acids is 1. The van der Waals surface area contributed by atoms with Gasteiger partial charge in [-0.15, -0.1) is 0 Å². The van der Waals surface area contributed by atoms with Gasteiger partial charge in [0.15, 0.2) is 0 Å². The number of nitrogens with zero attached hydrogens (tertiary/aromatic N) is 1. The van der Waals surface area contributed by atoms with Gasteiger partial charge in [-0.1, -0.05) is 0 Å². The summed E-state index contributed by atoms with van der Waals surface area (Å²) in [5.41, 5.74) is 0. The van der Waals surface area contributed by atoms with Crippen LogP contribution in [0.25, 0.3) is 0 Å². The molecule has 3 heterocycles. The normalized spacial score (nSPS) is 34.8. The van der Waals surface area contributed by atoms with Crippen LogP contribution in [0.5, 0.6) is 0 Å². The maximum atomic E-state index is 12.1. The summed E-state index contributed by atoms with van der Waals surface area (Å²) in [5, 5.41) is 2.96. The van der Waals surface area contributed by atoms with Gasteiger partial charge in [-0.2, -0.15) is 0 Å². The molecule has 3 fully saturated rings. The van der Waals surface area contributed by atoms with Crippen LogP contribution in [-0.2, 0) is 22.8 Å². The molecule has 3 saturated heterocycles. The standard InChI is InChI=1S/C19H32N2O5Si/c22-19(17-23-18-7-4-2-1-3-5-8-18)20-9-6-16-27-21(10-13-24-27,11-14-25-27)12-15-26-27/h18H,1-4,6-7,9-17H2,(H,20,22). The van der Waals surface area contributed by atoms with Crippen LogP contribution in [0.3, 0.4) is 0 Å². The average molecular weight is 397 g/mol. The Morgan fingerprint density at radius 2 is 1.85 bits per heavy atom. The van der Waals surface area contributed by atoms with Gasteiger partial charge in [0.05, 0.1) is 0 Å². The predicted molar refractivity (Wildman–Crippen MR) is 102 cm³/mol. The third-order valence-corrected chi connectivity index (χ3v) is 12.7. The Balaban J connectivity index is 1.21. The molecule has 0 bridgehead atoms. The zero-order chi connectivity index (χ0) is 18.7. The van der Waals surface area contributed by atoms with Crippen molar-refractivity contribution < 1.29 is 27.0 Å². The molecule has 1 aliphatic carbocycles. The summed E-state index contributed by atoms with van der Waals surface area (Å²) in [6.45, 7) is 5.90. The zero-order valence-corrected chi connectivity index (χ0v) is 17.2. The van der Waals surface area contributed by atoms with Crippen LogP contribution in [0.4, 0.5) is 0 Å². The Morgan fingerprint density at radius 1 is 1.11 bits per heavy atom. The molecule has 0 aromatic carbocycles. The molecule has 0 radical (unpaired) electrons. The summed E-state index contributed by atoms with van der Waals surface area (Å²) in [7, 11) is -3.31. The zero-order valence-electron chi connectivity index (χ0n) is 16.2. The molecule has 0 spiro atoms. The Hall–Kier alpha value is -0.953. The minimum atomic E-state index is -3.31. The number of hydrogen-bond donors (Lipinski definition) is 1. The van der Waals surface area contributed by atoms with E-state index >= 15 is 0 Å². The number of hydrogen-bond acceptors (Lipinski definition) is 5. The second-order valence-electron chi connectivity index (χ2n) is 8.15. The molecular formula is C19H32N2O5Si. The molecule has 4 rings (SSSR count). The van der Waals surface area contributed by atoms with E-state index in [0.717, 1.165) is 75.3 Å². The van der Waals surface area contributed by atoms with Gasteiger partial charge in [-0.3, -0.25) is 0 Å². The van der Waals surface area contributed by atoms with Gasteiger partial charge >= 0.3 is 162 Å². The second kappa shape index (κ2) is 7.82. The molecule has 0 aromatic heterocycles. The molecule has 0 saturated carbocycles. The number of quaternary nitrogens is 1. The summed E-state index contributed by atoms with van der Waals surface area (Å²) < 4.78 is 25.4. The molecule has 7 nitrogen and oxygen atoms in total. The SMILES string of the molecule is O=C(COC1C#CCCCCC1)NCCC[Si-]123OCC[N+]1(CCO2)CCO3. The minimum absolute atomic E-state index is 0.0777. The van der Waals surface area contributed by atoms with Gasteiger partial charge in [-0.05, 0) is 0 Å². The summed E-state index contributed by atoms with van der Waals surface area (Å²) >= 11 is 0. The fourth-order valence-electron chi connectivity index (χ4n) is 5.18. The molecule has 1 atom stereocenters. The number of carbonyl (C=O) groups is 1. The van der Waals surface area contributed by atoms with E-state index in [9.17, 15) is 4.79 Å². The average Bonchev–Trinajstić information content (AvgIpc) is 3.18. The van der Waals surface area contributed by atoms with Gasteiger partial charge in [0.1, 0.15) is 0 Å². The first-order valence-electron chi connectivity index (χ1n) is 10.5. The summed E-state index contributed by atoms with van der Waals surface area (Å²) in [6.07, 6.45) is 6.04. The van der Waals surface area contributed by atoms with Crippen molar-refractivity contribution in [2.75, 3.05) is 52.6 Å². The van der Waals surface area contributed by atoms with Crippen molar-refractivity contribution in [2.24, 2.45) is 0 Å². The topological polar surface area (TPSA) is 66.0 Å². The predicted octanol–water partition coefficient (Wildman–Crippen LogP) is 1.14. The number of nitrogens with one attached hydrogen (secondary N) is 1. The number of rotatable bonds is 7. The first-order chi connectivity index (χ1) is 13.2. The Labute approximate surface area is 162 Å². The molecule has 152 valence electrons. The van der Waals surface area contributed by atoms with Crippen molar-refractivity contribution in [3.05, 3.63) is 0 Å². The molecule has 1 N–H and O–H groups in total. The van der Waals surface area contributed by atoms with E-state index in [4.69, 9.17) is 18.0 Å². The third-order valence-electron chi connectivity index (χ3n) is 6.67. The van der Waals surface area contributed by atoms with Crippen LogP contribution >= 0.6 is 0 Å². The van der Waals surface area contributed by atoms with Crippen molar-refractivity contribution in [1.29, 1.82) is 0 Å². The van der Waals surface area contributed by atoms with Crippen molar-refractivity contribution in [3.8, 4) is 11.8 Å². The Morgan fingerprint density at radius 3 is 2.59 bits per heavy atom. The van der Waals surface area contributed by atoms with Gasteiger partial charge in [0, 0.05) is 0 Å². The van der Waals surface area contributed by atoms with Gasteiger partial charge in [0.2, 0.25) is 0 Å². The van der Waals surface area contributed by atoms with E-state index in [1.165, 1.54) is 12.8 Å². The molecule has 27 heavy (non-hydrogen) atoms. The Kier molecular flexibility index (Phi) is 5.61. The van der Waals surface area contributed by atoms with Crippen molar-refractivity contribution in [3.63, 3.8) is 0 Å². The first-order valence-corrected chi connectivity index (χ1v) is 12.9. The van der Waals surface area contributed by atoms with E-state index in [0.29, 0.717) is 6.54 Å². The molecule has 3 aliphatic heterocycles. The molecule has 1 unspecified atom stereocenters. The van der Waals surface area contributed by atoms with Crippen LogP contribution in [0.2, 0.25) is 6.04 Å². The van der Waals surface area contributed by atoms with Gasteiger partial charge in [-0.25, -0.2) is 0 Å². The molecule has 1 amide bonds. The maximum absolute atomic E-state index is 12.1. The van der Waals surface area contributed by atoms with Gasteiger partial charge < -0.3 is 0 Å². The quantitative estimate of drug-likeness (QED) is 0.397. The van der Waals surface area contributed by atoms with Crippen LogP contribution in [-0.4, -0.2) is 77.0 Å². The van der Waals surface area contributed by atoms with Crippen molar-refractivity contribution in [1.82, 2.24) is 5.32 Å². The summed E-state index contributed by atoms with van der Waals surface area (Å²) in [6, 6.07) is 0.787. The molecule has 4 aliphatic rings. The van der Waals surface area contributed by atoms with E-state index in [2.05, 4.69) is 17.2 Å². The number of amides is 1. The van der Waals surface area contributed by atoms with E-state index in [-0.39, 0.29) is 18.6 Å². The molecular weight excluding hydrogens is 364 g/mol. The third kappa shape index (κ3) is 3.46. The second-order valence-corrected chi connectivity index (χ2v) is 12.7. The van der Waals surface area contributed by atoms with E-state index < -0.39 is 8.24 Å². The van der Waals surface area contributed by atoms with Crippen LogP contribution in [0, 0.1) is 11.8 Å².